The van der Waals surface area contributed by atoms with Crippen LogP contribution in [0.15, 0.2) is 17.9 Å². The molecule has 0 saturated carbocycles. The summed E-state index contributed by atoms with van der Waals surface area (Å²) in [6, 6.07) is 5.82. The fourth-order valence-corrected chi connectivity index (χ4v) is 5.18. The van der Waals surface area contributed by atoms with Crippen LogP contribution in [0.5, 0.6) is 5.75 Å². The predicted octanol–water partition coefficient (Wildman–Crippen LogP) is 5.23. The highest BCUT2D eigenvalue weighted by molar-refractivity contribution is 6.34. The van der Waals surface area contributed by atoms with Crippen LogP contribution in [0.25, 0.3) is 16.3 Å². The van der Waals surface area contributed by atoms with E-state index in [-0.39, 0.29) is 23.4 Å². The first-order valence-corrected chi connectivity index (χ1v) is 9.96. The van der Waals surface area contributed by atoms with Gasteiger partial charge in [-0.3, -0.25) is 9.59 Å². The van der Waals surface area contributed by atoms with Crippen LogP contribution in [-0.4, -0.2) is 11.6 Å². The number of nitrogens with zero attached hydrogens (tertiary/aromatic N) is 1. The lowest BCUT2D eigenvalue weighted by Crippen LogP contribution is -2.25. The van der Waals surface area contributed by atoms with E-state index in [4.69, 9.17) is 16.3 Å². The fraction of sp³-hybridized carbons (Fsp3) is 0.348. The van der Waals surface area contributed by atoms with Gasteiger partial charge in [-0.25, -0.2) is 0 Å². The van der Waals surface area contributed by atoms with Gasteiger partial charge in [-0.15, -0.1) is 0 Å². The number of benzene rings is 2. The smallest absolute Gasteiger partial charge is 0.167 e. The molecule has 0 amide bonds. The second kappa shape index (κ2) is 5.93. The lowest BCUT2D eigenvalue weighted by Gasteiger charge is -2.32. The van der Waals surface area contributed by atoms with Crippen molar-refractivity contribution in [3.8, 4) is 11.8 Å². The molecule has 2 aliphatic carbocycles. The number of nitriles is 1. The third-order valence-corrected chi connectivity index (χ3v) is 6.25. The number of ether oxygens (including phenoxy) is 1. The van der Waals surface area contributed by atoms with Crippen molar-refractivity contribution in [1.82, 2.24) is 0 Å². The minimum atomic E-state index is 0.0217. The van der Waals surface area contributed by atoms with Gasteiger partial charge in [-0.1, -0.05) is 25.4 Å². The summed E-state index contributed by atoms with van der Waals surface area (Å²) in [5.41, 5.74) is 2.99. The summed E-state index contributed by atoms with van der Waals surface area (Å²) in [6.07, 6.45) is 2.20. The molecule has 5 heteroatoms. The predicted molar refractivity (Wildman–Crippen MR) is 106 cm³/mol. The molecular weight excluding hydrogens is 374 g/mol. The number of hydrogen-bond donors (Lipinski definition) is 0. The minimum Gasteiger partial charge on any atom is -0.459 e. The maximum atomic E-state index is 12.9. The number of carbonyl (C=O) groups excluding carboxylic acids is 2. The number of Topliss-reactive ketones (excluding diaryl/α,β-unsaturated/α-hetero) is 2. The highest BCUT2D eigenvalue weighted by Gasteiger charge is 2.38. The van der Waals surface area contributed by atoms with Crippen molar-refractivity contribution < 1.29 is 14.3 Å². The summed E-state index contributed by atoms with van der Waals surface area (Å²) >= 11 is 6.43. The number of hydrogen-bond acceptors (Lipinski definition) is 4. The molecule has 28 heavy (non-hydrogen) atoms. The zero-order valence-electron chi connectivity index (χ0n) is 15.7. The Labute approximate surface area is 167 Å². The third kappa shape index (κ3) is 2.29. The molecule has 3 aliphatic rings. The number of rotatable bonds is 0. The molecule has 2 unspecified atom stereocenters. The van der Waals surface area contributed by atoms with Crippen LogP contribution in [0.4, 0.5) is 0 Å². The Morgan fingerprint density at radius 3 is 2.54 bits per heavy atom. The second-order valence-electron chi connectivity index (χ2n) is 8.32. The Bertz CT molecular complexity index is 1190. The van der Waals surface area contributed by atoms with Gasteiger partial charge in [-0.2, -0.15) is 5.26 Å². The molecule has 2 aromatic carbocycles. The van der Waals surface area contributed by atoms with Crippen molar-refractivity contribution in [2.45, 2.75) is 39.5 Å². The molecule has 0 bridgehead atoms. The van der Waals surface area contributed by atoms with E-state index >= 15 is 0 Å². The molecule has 1 aliphatic heterocycles. The molecule has 0 aromatic heterocycles. The fourth-order valence-electron chi connectivity index (χ4n) is 4.96. The van der Waals surface area contributed by atoms with Crippen LogP contribution in [0.2, 0.25) is 5.02 Å². The summed E-state index contributed by atoms with van der Waals surface area (Å²) in [6.45, 7) is 4.04. The normalized spacial score (nSPS) is 23.2. The van der Waals surface area contributed by atoms with Gasteiger partial charge in [-0.05, 0) is 41.3 Å². The number of allylic oxidation sites excluding steroid dienone is 2. The molecule has 0 saturated heterocycles. The van der Waals surface area contributed by atoms with Gasteiger partial charge in [0.2, 0.25) is 0 Å². The second-order valence-corrected chi connectivity index (χ2v) is 8.76. The van der Waals surface area contributed by atoms with Gasteiger partial charge < -0.3 is 4.74 Å². The Morgan fingerprint density at radius 2 is 1.79 bits per heavy atom. The first-order chi connectivity index (χ1) is 13.4. The van der Waals surface area contributed by atoms with E-state index in [9.17, 15) is 14.9 Å². The first kappa shape index (κ1) is 17.5. The Balaban J connectivity index is 1.95. The topological polar surface area (TPSA) is 67.2 Å². The molecule has 0 radical (unpaired) electrons. The van der Waals surface area contributed by atoms with Crippen molar-refractivity contribution >= 4 is 39.5 Å². The Morgan fingerprint density at radius 1 is 1.07 bits per heavy atom. The van der Waals surface area contributed by atoms with E-state index in [1.165, 1.54) is 0 Å². The van der Waals surface area contributed by atoms with Crippen molar-refractivity contribution in [2.75, 3.05) is 0 Å². The summed E-state index contributed by atoms with van der Waals surface area (Å²) in [7, 11) is 0. The molecule has 140 valence electrons. The molecule has 4 nitrogen and oxygen atoms in total. The summed E-state index contributed by atoms with van der Waals surface area (Å²) in [5, 5.41) is 11.8. The molecule has 5 rings (SSSR count). The molecule has 0 spiro atoms. The first-order valence-electron chi connectivity index (χ1n) is 9.59. The molecular formula is C23H18ClNO3. The quantitative estimate of drug-likeness (QED) is 0.616. The van der Waals surface area contributed by atoms with Gasteiger partial charge in [0.25, 0.3) is 0 Å². The zero-order chi connectivity index (χ0) is 19.7. The molecule has 1 heterocycles. The van der Waals surface area contributed by atoms with E-state index in [1.54, 1.807) is 12.1 Å². The summed E-state index contributed by atoms with van der Waals surface area (Å²) < 4.78 is 6.23. The highest BCUT2D eigenvalue weighted by Crippen LogP contribution is 2.50. The van der Waals surface area contributed by atoms with Gasteiger partial charge in [0, 0.05) is 40.8 Å². The Kier molecular flexibility index (Phi) is 3.70. The van der Waals surface area contributed by atoms with Gasteiger partial charge in [0.15, 0.2) is 17.3 Å². The number of carbonyl (C=O) groups is 2. The summed E-state index contributed by atoms with van der Waals surface area (Å²) in [5.74, 6) is 1.50. The molecule has 2 aromatic rings. The van der Waals surface area contributed by atoms with Crippen LogP contribution >= 0.6 is 11.6 Å². The van der Waals surface area contributed by atoms with Crippen molar-refractivity contribution in [3.63, 3.8) is 0 Å². The Hall–Kier alpha value is -2.64. The van der Waals surface area contributed by atoms with Gasteiger partial charge in [0.05, 0.1) is 11.1 Å². The molecule has 0 fully saturated rings. The van der Waals surface area contributed by atoms with E-state index in [0.29, 0.717) is 75.3 Å². The van der Waals surface area contributed by atoms with Gasteiger partial charge in [0.1, 0.15) is 11.8 Å². The maximum Gasteiger partial charge on any atom is 0.167 e. The number of halogens is 1. The van der Waals surface area contributed by atoms with Crippen LogP contribution in [0.1, 0.15) is 60.2 Å². The average Bonchev–Trinajstić information content (AvgIpc) is 2.60. The zero-order valence-corrected chi connectivity index (χ0v) is 16.4. The van der Waals surface area contributed by atoms with E-state index in [1.807, 2.05) is 13.8 Å². The van der Waals surface area contributed by atoms with Crippen molar-refractivity contribution in [3.05, 3.63) is 45.2 Å². The maximum absolute atomic E-state index is 12.9. The SMILES string of the molecule is CC1CC(=O)C2=C(C1)Oc1c(C#N)c3c(c4cc(Cl)cc2c14)C(=O)CC(C)C3. The lowest BCUT2D eigenvalue weighted by atomic mass is 9.76. The van der Waals surface area contributed by atoms with E-state index in [2.05, 4.69) is 6.07 Å². The van der Waals surface area contributed by atoms with Crippen molar-refractivity contribution in [2.24, 2.45) is 11.8 Å². The van der Waals surface area contributed by atoms with Crippen molar-refractivity contribution in [1.29, 1.82) is 5.26 Å². The lowest BCUT2D eigenvalue weighted by molar-refractivity contribution is -0.115. The monoisotopic (exact) mass is 391 g/mol. The molecule has 2 atom stereocenters. The van der Waals surface area contributed by atoms with Crippen LogP contribution in [0.3, 0.4) is 0 Å². The third-order valence-electron chi connectivity index (χ3n) is 6.03. The summed E-state index contributed by atoms with van der Waals surface area (Å²) in [4.78, 5) is 25.8. The highest BCUT2D eigenvalue weighted by atomic mass is 35.5. The van der Waals surface area contributed by atoms with Gasteiger partial charge >= 0.3 is 0 Å². The standard InChI is InChI=1S/C23H18ClNO3/c1-10-3-13-16(9-25)23-21-14(20(13)17(26)4-10)7-12(24)8-15(21)22-18(27)5-11(2)6-19(22)28-23/h7-8,10-11H,3-6H2,1-2H3. The van der Waals surface area contributed by atoms with Crippen LogP contribution in [0, 0.1) is 23.2 Å². The largest absolute Gasteiger partial charge is 0.459 e. The minimum absolute atomic E-state index is 0.0217. The molecule has 0 N–H and O–H groups in total. The van der Waals surface area contributed by atoms with Crippen LogP contribution in [-0.2, 0) is 11.2 Å². The average molecular weight is 392 g/mol. The number of ketones is 2. The van der Waals surface area contributed by atoms with Crippen LogP contribution < -0.4 is 4.74 Å². The number of fused-ring (bicyclic) bond motifs is 3. The van der Waals surface area contributed by atoms with E-state index < -0.39 is 0 Å². The van der Waals surface area contributed by atoms with E-state index in [0.717, 1.165) is 5.56 Å².